The number of esters is 1. The minimum absolute atomic E-state index is 0.267. The van der Waals surface area contributed by atoms with Crippen molar-refractivity contribution < 1.29 is 14.3 Å². The van der Waals surface area contributed by atoms with Crippen molar-refractivity contribution in [2.45, 2.75) is 13.8 Å². The molecule has 2 rings (SSSR count). The predicted molar refractivity (Wildman–Crippen MR) is 93.3 cm³/mol. The molecule has 24 heavy (non-hydrogen) atoms. The summed E-state index contributed by atoms with van der Waals surface area (Å²) in [5.74, 6) is -0.409. The van der Waals surface area contributed by atoms with Crippen molar-refractivity contribution in [1.82, 2.24) is 4.98 Å². The summed E-state index contributed by atoms with van der Waals surface area (Å²) >= 11 is 0. The molecule has 0 saturated carbocycles. The van der Waals surface area contributed by atoms with Gasteiger partial charge in [0, 0.05) is 18.4 Å². The van der Waals surface area contributed by atoms with Gasteiger partial charge in [-0.25, -0.2) is 4.79 Å². The highest BCUT2D eigenvalue weighted by Crippen LogP contribution is 2.17. The topological polar surface area (TPSA) is 80.3 Å². The van der Waals surface area contributed by atoms with Crippen molar-refractivity contribution in [3.05, 3.63) is 53.9 Å². The number of para-hydroxylation sites is 1. The molecular formula is C18H21N3O3. The van der Waals surface area contributed by atoms with E-state index >= 15 is 0 Å². The molecule has 0 aliphatic heterocycles. The third kappa shape index (κ3) is 4.55. The molecule has 0 radical (unpaired) electrons. The van der Waals surface area contributed by atoms with Crippen LogP contribution in [0.25, 0.3) is 0 Å². The highest BCUT2D eigenvalue weighted by Gasteiger charge is 2.15. The Balaban J connectivity index is 2.16. The Labute approximate surface area is 141 Å². The van der Waals surface area contributed by atoms with Crippen LogP contribution in [0.2, 0.25) is 0 Å². The summed E-state index contributed by atoms with van der Waals surface area (Å²) in [6, 6.07) is 10.2. The van der Waals surface area contributed by atoms with Gasteiger partial charge in [-0.15, -0.1) is 0 Å². The zero-order valence-corrected chi connectivity index (χ0v) is 14.0. The lowest BCUT2D eigenvalue weighted by molar-refractivity contribution is 0.0602. The summed E-state index contributed by atoms with van der Waals surface area (Å²) in [5, 5.41) is 5.95. The Kier molecular flexibility index (Phi) is 5.89. The smallest absolute Gasteiger partial charge is 0.339 e. The molecule has 6 heteroatoms. The fourth-order valence-corrected chi connectivity index (χ4v) is 2.05. The summed E-state index contributed by atoms with van der Waals surface area (Å²) in [5.41, 5.74) is 1.77. The second-order valence-electron chi connectivity index (χ2n) is 5.70. The highest BCUT2D eigenvalue weighted by molar-refractivity contribution is 6.07. The fourth-order valence-electron chi connectivity index (χ4n) is 2.05. The summed E-state index contributed by atoms with van der Waals surface area (Å²) in [6.07, 6.45) is 1.57. The van der Waals surface area contributed by atoms with Gasteiger partial charge >= 0.3 is 5.97 Å². The van der Waals surface area contributed by atoms with Gasteiger partial charge in [0.15, 0.2) is 0 Å². The maximum absolute atomic E-state index is 12.4. The van der Waals surface area contributed by atoms with E-state index in [9.17, 15) is 9.59 Å². The minimum Gasteiger partial charge on any atom is -0.465 e. The molecular weight excluding hydrogens is 306 g/mol. The quantitative estimate of drug-likeness (QED) is 0.797. The molecule has 126 valence electrons. The van der Waals surface area contributed by atoms with Crippen LogP contribution in [0, 0.1) is 5.92 Å². The van der Waals surface area contributed by atoms with Gasteiger partial charge in [-0.3, -0.25) is 9.78 Å². The first kappa shape index (κ1) is 17.5. The Morgan fingerprint density at radius 1 is 1.21 bits per heavy atom. The number of methoxy groups -OCH3 is 1. The molecule has 1 aromatic heterocycles. The van der Waals surface area contributed by atoms with E-state index < -0.39 is 5.97 Å². The molecule has 0 fully saturated rings. The molecule has 1 amide bonds. The lowest BCUT2D eigenvalue weighted by Crippen LogP contribution is -2.17. The molecule has 0 atom stereocenters. The second kappa shape index (κ2) is 8.10. The third-order valence-electron chi connectivity index (χ3n) is 3.29. The monoisotopic (exact) mass is 327 g/mol. The molecule has 2 aromatic rings. The fraction of sp³-hybridized carbons (Fsp3) is 0.278. The lowest BCUT2D eigenvalue weighted by Gasteiger charge is -2.11. The Hall–Kier alpha value is -2.89. The number of aromatic nitrogens is 1. The van der Waals surface area contributed by atoms with Gasteiger partial charge < -0.3 is 15.4 Å². The summed E-state index contributed by atoms with van der Waals surface area (Å²) in [6.45, 7) is 5.01. The van der Waals surface area contributed by atoms with Crippen LogP contribution in [0.4, 0.5) is 11.4 Å². The van der Waals surface area contributed by atoms with Crippen LogP contribution in [-0.2, 0) is 4.74 Å². The lowest BCUT2D eigenvalue weighted by atomic mass is 10.1. The zero-order chi connectivity index (χ0) is 17.5. The zero-order valence-electron chi connectivity index (χ0n) is 14.0. The minimum atomic E-state index is -0.508. The average molecular weight is 327 g/mol. The van der Waals surface area contributed by atoms with Crippen molar-refractivity contribution >= 4 is 23.3 Å². The van der Waals surface area contributed by atoms with Crippen LogP contribution >= 0.6 is 0 Å². The third-order valence-corrected chi connectivity index (χ3v) is 3.29. The van der Waals surface area contributed by atoms with Crippen molar-refractivity contribution in [3.8, 4) is 0 Å². The van der Waals surface area contributed by atoms with E-state index in [0.717, 1.165) is 12.2 Å². The Morgan fingerprint density at radius 2 is 1.96 bits per heavy atom. The number of hydrogen-bond acceptors (Lipinski definition) is 5. The number of anilines is 2. The van der Waals surface area contributed by atoms with Crippen LogP contribution in [0.5, 0.6) is 0 Å². The van der Waals surface area contributed by atoms with E-state index in [0.29, 0.717) is 17.2 Å². The van der Waals surface area contributed by atoms with Gasteiger partial charge in [-0.2, -0.15) is 0 Å². The molecule has 1 aromatic carbocycles. The molecule has 0 bridgehead atoms. The van der Waals surface area contributed by atoms with Crippen molar-refractivity contribution in [2.75, 3.05) is 24.3 Å². The maximum Gasteiger partial charge on any atom is 0.339 e. The van der Waals surface area contributed by atoms with Crippen molar-refractivity contribution in [2.24, 2.45) is 5.92 Å². The molecule has 1 heterocycles. The number of rotatable bonds is 6. The van der Waals surface area contributed by atoms with Crippen LogP contribution < -0.4 is 10.6 Å². The Bertz CT molecular complexity index is 729. The highest BCUT2D eigenvalue weighted by atomic mass is 16.5. The molecule has 0 aliphatic rings. The molecule has 6 nitrogen and oxygen atoms in total. The van der Waals surface area contributed by atoms with Gasteiger partial charge in [0.25, 0.3) is 5.91 Å². The second-order valence-corrected chi connectivity index (χ2v) is 5.70. The van der Waals surface area contributed by atoms with E-state index in [1.165, 1.54) is 7.11 Å². The number of hydrogen-bond donors (Lipinski definition) is 2. The van der Waals surface area contributed by atoms with E-state index in [4.69, 9.17) is 4.74 Å². The standard InChI is InChI=1S/C18H21N3O3/c1-12(2)11-20-13-8-9-19-16(10-13)17(22)21-15-7-5-4-6-14(15)18(23)24-3/h4-10,12H,11H2,1-3H3,(H,19,20)(H,21,22). The molecule has 0 saturated heterocycles. The first-order chi connectivity index (χ1) is 11.5. The summed E-state index contributed by atoms with van der Waals surface area (Å²) in [4.78, 5) is 28.3. The summed E-state index contributed by atoms with van der Waals surface area (Å²) < 4.78 is 4.72. The Morgan fingerprint density at radius 3 is 2.67 bits per heavy atom. The van der Waals surface area contributed by atoms with Gasteiger partial charge in [-0.05, 0) is 30.2 Å². The number of carbonyl (C=O) groups excluding carboxylic acids is 2. The van der Waals surface area contributed by atoms with Crippen LogP contribution in [0.3, 0.4) is 0 Å². The van der Waals surface area contributed by atoms with E-state index in [-0.39, 0.29) is 11.6 Å². The van der Waals surface area contributed by atoms with Crippen molar-refractivity contribution in [3.63, 3.8) is 0 Å². The van der Waals surface area contributed by atoms with Gasteiger partial charge in [0.05, 0.1) is 18.4 Å². The molecule has 0 aliphatic carbocycles. The van der Waals surface area contributed by atoms with Gasteiger partial charge in [0.1, 0.15) is 5.69 Å². The van der Waals surface area contributed by atoms with Gasteiger partial charge in [0.2, 0.25) is 0 Å². The number of carbonyl (C=O) groups is 2. The van der Waals surface area contributed by atoms with Crippen molar-refractivity contribution in [1.29, 1.82) is 0 Å². The molecule has 0 unspecified atom stereocenters. The normalized spacial score (nSPS) is 10.3. The average Bonchev–Trinajstić information content (AvgIpc) is 2.60. The number of nitrogens with one attached hydrogen (secondary N) is 2. The van der Waals surface area contributed by atoms with Crippen LogP contribution in [0.1, 0.15) is 34.7 Å². The maximum atomic E-state index is 12.4. The van der Waals surface area contributed by atoms with E-state index in [1.54, 1.807) is 36.5 Å². The van der Waals surface area contributed by atoms with E-state index in [1.807, 2.05) is 6.07 Å². The summed E-state index contributed by atoms with van der Waals surface area (Å²) in [7, 11) is 1.30. The largest absolute Gasteiger partial charge is 0.465 e. The SMILES string of the molecule is COC(=O)c1ccccc1NC(=O)c1cc(NCC(C)C)ccn1. The first-order valence-electron chi connectivity index (χ1n) is 7.70. The number of ether oxygens (including phenoxy) is 1. The molecule has 2 N–H and O–H groups in total. The first-order valence-corrected chi connectivity index (χ1v) is 7.70. The molecule has 0 spiro atoms. The van der Waals surface area contributed by atoms with Gasteiger partial charge in [-0.1, -0.05) is 26.0 Å². The van der Waals surface area contributed by atoms with Crippen LogP contribution in [0.15, 0.2) is 42.6 Å². The predicted octanol–water partition coefficient (Wildman–Crippen LogP) is 3.19. The van der Waals surface area contributed by atoms with Crippen LogP contribution in [-0.4, -0.2) is 30.5 Å². The van der Waals surface area contributed by atoms with E-state index in [2.05, 4.69) is 29.5 Å². The number of amides is 1. The number of benzene rings is 1. The number of pyridine rings is 1. The number of nitrogens with zero attached hydrogens (tertiary/aromatic N) is 1.